The van der Waals surface area contributed by atoms with Crippen LogP contribution in [0.25, 0.3) is 11.3 Å². The van der Waals surface area contributed by atoms with Gasteiger partial charge >= 0.3 is 7.12 Å². The van der Waals surface area contributed by atoms with Crippen LogP contribution in [0, 0.1) is 6.92 Å². The van der Waals surface area contributed by atoms with Gasteiger partial charge in [-0.3, -0.25) is 0 Å². The molecule has 0 amide bonds. The fraction of sp³-hybridized carbons (Fsp3) is 0.444. The van der Waals surface area contributed by atoms with Gasteiger partial charge in [-0.1, -0.05) is 6.07 Å². The highest BCUT2D eigenvalue weighted by Crippen LogP contribution is 2.37. The Morgan fingerprint density at radius 2 is 1.71 bits per heavy atom. The van der Waals surface area contributed by atoms with Crippen molar-refractivity contribution in [2.45, 2.75) is 45.8 Å². The van der Waals surface area contributed by atoms with Crippen LogP contribution in [-0.2, 0) is 9.31 Å². The van der Waals surface area contributed by atoms with E-state index in [1.807, 2.05) is 58.9 Å². The molecular weight excluding hydrogens is 303 g/mol. The zero-order valence-electron chi connectivity index (χ0n) is 15.1. The Morgan fingerprint density at radius 3 is 2.29 bits per heavy atom. The van der Waals surface area contributed by atoms with Crippen molar-refractivity contribution < 1.29 is 14.0 Å². The number of aryl methyl sites for hydroxylation is 1. The SMILES string of the molecule is COc1cc(B2OC(C)(C)C(C)(C)O2)ccc1-c1ccnc(C)n1. The van der Waals surface area contributed by atoms with Crippen LogP contribution in [0.15, 0.2) is 30.5 Å². The topological polar surface area (TPSA) is 53.5 Å². The highest BCUT2D eigenvalue weighted by atomic mass is 16.7. The molecule has 1 saturated heterocycles. The highest BCUT2D eigenvalue weighted by molar-refractivity contribution is 6.62. The van der Waals surface area contributed by atoms with Crippen LogP contribution in [0.3, 0.4) is 0 Å². The van der Waals surface area contributed by atoms with E-state index in [0.29, 0.717) is 0 Å². The van der Waals surface area contributed by atoms with Gasteiger partial charge < -0.3 is 14.0 Å². The van der Waals surface area contributed by atoms with E-state index in [2.05, 4.69) is 9.97 Å². The van der Waals surface area contributed by atoms with Crippen molar-refractivity contribution in [2.24, 2.45) is 0 Å². The summed E-state index contributed by atoms with van der Waals surface area (Å²) in [6, 6.07) is 7.81. The number of hydrogen-bond acceptors (Lipinski definition) is 5. The number of ether oxygens (including phenoxy) is 1. The highest BCUT2D eigenvalue weighted by Gasteiger charge is 2.51. The second-order valence-corrected chi connectivity index (χ2v) is 7.04. The van der Waals surface area contributed by atoms with Gasteiger partial charge in [0, 0.05) is 11.8 Å². The van der Waals surface area contributed by atoms with E-state index < -0.39 is 7.12 Å². The van der Waals surface area contributed by atoms with E-state index in [4.69, 9.17) is 14.0 Å². The fourth-order valence-corrected chi connectivity index (χ4v) is 2.65. The van der Waals surface area contributed by atoms with Crippen molar-refractivity contribution in [3.63, 3.8) is 0 Å². The minimum Gasteiger partial charge on any atom is -0.496 e. The Balaban J connectivity index is 1.96. The molecule has 3 rings (SSSR count). The number of hydrogen-bond donors (Lipinski definition) is 0. The molecule has 1 aromatic carbocycles. The molecule has 0 atom stereocenters. The molecule has 0 aliphatic carbocycles. The summed E-state index contributed by atoms with van der Waals surface area (Å²) >= 11 is 0. The van der Waals surface area contributed by atoms with Crippen LogP contribution in [0.1, 0.15) is 33.5 Å². The standard InChI is InChI=1S/C18H23BN2O3/c1-12-20-10-9-15(21-12)14-8-7-13(11-16(14)22-6)19-23-17(2,3)18(4,5)24-19/h7-11H,1-6H3. The minimum absolute atomic E-state index is 0.368. The first-order chi connectivity index (χ1) is 11.2. The van der Waals surface area contributed by atoms with Crippen LogP contribution < -0.4 is 10.2 Å². The van der Waals surface area contributed by atoms with Crippen LogP contribution in [0.5, 0.6) is 5.75 Å². The number of benzene rings is 1. The van der Waals surface area contributed by atoms with Gasteiger partial charge in [0.2, 0.25) is 0 Å². The van der Waals surface area contributed by atoms with Crippen molar-refractivity contribution in [2.75, 3.05) is 7.11 Å². The molecule has 0 N–H and O–H groups in total. The molecule has 2 heterocycles. The van der Waals surface area contributed by atoms with Gasteiger partial charge in [0.25, 0.3) is 0 Å². The summed E-state index contributed by atoms with van der Waals surface area (Å²) in [5, 5.41) is 0. The third-order valence-corrected chi connectivity index (χ3v) is 4.80. The van der Waals surface area contributed by atoms with Crippen LogP contribution >= 0.6 is 0 Å². The summed E-state index contributed by atoms with van der Waals surface area (Å²) in [6.07, 6.45) is 1.75. The summed E-state index contributed by atoms with van der Waals surface area (Å²) in [5.41, 5.74) is 1.95. The first kappa shape index (κ1) is 16.9. The first-order valence-electron chi connectivity index (χ1n) is 8.07. The van der Waals surface area contributed by atoms with Crippen molar-refractivity contribution in [3.8, 4) is 17.0 Å². The number of nitrogens with zero attached hydrogens (tertiary/aromatic N) is 2. The summed E-state index contributed by atoms with van der Waals surface area (Å²) in [5.74, 6) is 1.46. The molecule has 0 spiro atoms. The van der Waals surface area contributed by atoms with Crippen LogP contribution in [0.4, 0.5) is 0 Å². The third kappa shape index (κ3) is 2.92. The van der Waals surface area contributed by atoms with Gasteiger partial charge in [-0.25, -0.2) is 9.97 Å². The normalized spacial score (nSPS) is 18.7. The molecule has 0 saturated carbocycles. The lowest BCUT2D eigenvalue weighted by Gasteiger charge is -2.32. The lowest BCUT2D eigenvalue weighted by Crippen LogP contribution is -2.41. The van der Waals surface area contributed by atoms with E-state index in [1.165, 1.54) is 0 Å². The summed E-state index contributed by atoms with van der Waals surface area (Å²) in [7, 11) is 1.24. The number of aromatic nitrogens is 2. The van der Waals surface area contributed by atoms with Gasteiger partial charge in [-0.05, 0) is 58.3 Å². The predicted molar refractivity (Wildman–Crippen MR) is 94.5 cm³/mol. The Labute approximate surface area is 143 Å². The van der Waals surface area contributed by atoms with Gasteiger partial charge in [0.1, 0.15) is 11.6 Å². The van der Waals surface area contributed by atoms with Crippen molar-refractivity contribution in [1.82, 2.24) is 9.97 Å². The lowest BCUT2D eigenvalue weighted by molar-refractivity contribution is 0.00578. The predicted octanol–water partition coefficient (Wildman–Crippen LogP) is 2.76. The van der Waals surface area contributed by atoms with E-state index in [-0.39, 0.29) is 11.2 Å². The number of methoxy groups -OCH3 is 1. The maximum atomic E-state index is 6.11. The smallest absolute Gasteiger partial charge is 0.494 e. The number of rotatable bonds is 3. The maximum Gasteiger partial charge on any atom is 0.494 e. The second kappa shape index (κ2) is 5.86. The molecule has 0 radical (unpaired) electrons. The molecule has 0 bridgehead atoms. The Morgan fingerprint density at radius 1 is 1.04 bits per heavy atom. The molecule has 0 unspecified atom stereocenters. The molecule has 5 nitrogen and oxygen atoms in total. The van der Waals surface area contributed by atoms with Gasteiger partial charge in [-0.15, -0.1) is 0 Å². The fourth-order valence-electron chi connectivity index (χ4n) is 2.65. The molecule has 126 valence electrons. The second-order valence-electron chi connectivity index (χ2n) is 7.04. The Bertz CT molecular complexity index is 746. The molecule has 1 fully saturated rings. The van der Waals surface area contributed by atoms with E-state index >= 15 is 0 Å². The molecule has 24 heavy (non-hydrogen) atoms. The zero-order chi connectivity index (χ0) is 17.5. The zero-order valence-corrected chi connectivity index (χ0v) is 15.1. The van der Waals surface area contributed by atoms with Gasteiger partial charge in [0.15, 0.2) is 0 Å². The van der Waals surface area contributed by atoms with Gasteiger partial charge in [-0.2, -0.15) is 0 Å². The summed E-state index contributed by atoms with van der Waals surface area (Å²) in [6.45, 7) is 10.0. The maximum absolute atomic E-state index is 6.11. The molecule has 6 heteroatoms. The van der Waals surface area contributed by atoms with E-state index in [9.17, 15) is 0 Å². The van der Waals surface area contributed by atoms with Crippen molar-refractivity contribution in [3.05, 3.63) is 36.3 Å². The third-order valence-electron chi connectivity index (χ3n) is 4.80. The van der Waals surface area contributed by atoms with Crippen LogP contribution in [-0.4, -0.2) is 35.4 Å². The molecule has 2 aromatic rings. The van der Waals surface area contributed by atoms with Gasteiger partial charge in [0.05, 0.1) is 24.0 Å². The molecule has 1 aliphatic rings. The Kier molecular flexibility index (Phi) is 4.14. The van der Waals surface area contributed by atoms with Crippen LogP contribution in [0.2, 0.25) is 0 Å². The first-order valence-corrected chi connectivity index (χ1v) is 8.07. The quantitative estimate of drug-likeness (QED) is 0.812. The lowest BCUT2D eigenvalue weighted by atomic mass is 9.78. The minimum atomic E-state index is -0.412. The van der Waals surface area contributed by atoms with E-state index in [0.717, 1.165) is 28.3 Å². The van der Waals surface area contributed by atoms with Crippen molar-refractivity contribution in [1.29, 1.82) is 0 Å². The monoisotopic (exact) mass is 326 g/mol. The van der Waals surface area contributed by atoms with E-state index in [1.54, 1.807) is 13.3 Å². The summed E-state index contributed by atoms with van der Waals surface area (Å²) < 4.78 is 17.8. The average Bonchev–Trinajstić information content (AvgIpc) is 2.75. The largest absolute Gasteiger partial charge is 0.496 e. The molecule has 1 aliphatic heterocycles. The molecular formula is C18H23BN2O3. The Hall–Kier alpha value is -1.92. The average molecular weight is 326 g/mol. The van der Waals surface area contributed by atoms with Crippen molar-refractivity contribution >= 4 is 12.6 Å². The molecule has 1 aromatic heterocycles. The summed E-state index contributed by atoms with van der Waals surface area (Å²) in [4.78, 5) is 8.61.